The maximum absolute atomic E-state index is 12.5. The van der Waals surface area contributed by atoms with E-state index < -0.39 is 0 Å². The molecule has 1 aromatic carbocycles. The molecule has 2 rings (SSSR count). The highest BCUT2D eigenvalue weighted by Crippen LogP contribution is 2.26. The van der Waals surface area contributed by atoms with Gasteiger partial charge < -0.3 is 9.47 Å². The van der Waals surface area contributed by atoms with Gasteiger partial charge in [0.15, 0.2) is 0 Å². The van der Waals surface area contributed by atoms with Crippen LogP contribution in [0.25, 0.3) is 11.0 Å². The molecule has 1 heterocycles. The quantitative estimate of drug-likeness (QED) is 0.866. The first kappa shape index (κ1) is 15.5. The van der Waals surface area contributed by atoms with E-state index in [4.69, 9.17) is 4.98 Å². The average molecular weight is 287 g/mol. The molecule has 2 aromatic rings. The molecule has 0 saturated heterocycles. The standard InChI is InChI=1S/C17H25N3O/c1-6-19(7-2)15(21)12-20-14-11-9-8-10-13(14)18-16(20)17(3,4)5/h8-11H,6-7,12H2,1-5H3. The minimum atomic E-state index is -0.0947. The third-order valence-corrected chi connectivity index (χ3v) is 3.73. The van der Waals surface area contributed by atoms with Crippen LogP contribution in [0.1, 0.15) is 40.4 Å². The number of aromatic nitrogens is 2. The number of rotatable bonds is 4. The Morgan fingerprint density at radius 3 is 2.38 bits per heavy atom. The first-order valence-corrected chi connectivity index (χ1v) is 7.62. The van der Waals surface area contributed by atoms with Crippen molar-refractivity contribution < 1.29 is 4.79 Å². The highest BCUT2D eigenvalue weighted by molar-refractivity contribution is 5.81. The molecule has 1 amide bonds. The number of carbonyl (C=O) groups excluding carboxylic acids is 1. The van der Waals surface area contributed by atoms with Crippen LogP contribution >= 0.6 is 0 Å². The van der Waals surface area contributed by atoms with Gasteiger partial charge >= 0.3 is 0 Å². The van der Waals surface area contributed by atoms with Crippen molar-refractivity contribution in [2.75, 3.05) is 13.1 Å². The zero-order chi connectivity index (χ0) is 15.6. The molecule has 114 valence electrons. The van der Waals surface area contributed by atoms with E-state index in [1.54, 1.807) is 0 Å². The van der Waals surface area contributed by atoms with Gasteiger partial charge in [-0.25, -0.2) is 4.98 Å². The first-order chi connectivity index (χ1) is 9.88. The number of hydrogen-bond acceptors (Lipinski definition) is 2. The monoisotopic (exact) mass is 287 g/mol. The molecule has 4 heteroatoms. The second kappa shape index (κ2) is 5.88. The number of benzene rings is 1. The number of nitrogens with zero attached hydrogens (tertiary/aromatic N) is 3. The summed E-state index contributed by atoms with van der Waals surface area (Å²) in [7, 11) is 0. The van der Waals surface area contributed by atoms with Gasteiger partial charge in [0.2, 0.25) is 5.91 Å². The summed E-state index contributed by atoms with van der Waals surface area (Å²) in [6.45, 7) is 12.3. The van der Waals surface area contributed by atoms with Gasteiger partial charge in [-0.05, 0) is 26.0 Å². The number of amides is 1. The van der Waals surface area contributed by atoms with E-state index in [2.05, 4.69) is 25.3 Å². The molecule has 0 bridgehead atoms. The van der Waals surface area contributed by atoms with Gasteiger partial charge in [-0.15, -0.1) is 0 Å². The smallest absolute Gasteiger partial charge is 0.242 e. The lowest BCUT2D eigenvalue weighted by Crippen LogP contribution is -2.34. The minimum absolute atomic E-state index is 0.0947. The Morgan fingerprint density at radius 1 is 1.19 bits per heavy atom. The first-order valence-electron chi connectivity index (χ1n) is 7.62. The fourth-order valence-corrected chi connectivity index (χ4v) is 2.62. The Hall–Kier alpha value is -1.84. The van der Waals surface area contributed by atoms with E-state index >= 15 is 0 Å². The van der Waals surface area contributed by atoms with E-state index in [0.717, 1.165) is 29.9 Å². The number of carbonyl (C=O) groups is 1. The summed E-state index contributed by atoms with van der Waals surface area (Å²) in [6, 6.07) is 8.02. The van der Waals surface area contributed by atoms with Crippen LogP contribution in [-0.4, -0.2) is 33.4 Å². The fraction of sp³-hybridized carbons (Fsp3) is 0.529. The van der Waals surface area contributed by atoms with Crippen molar-refractivity contribution in [3.8, 4) is 0 Å². The topological polar surface area (TPSA) is 38.1 Å². The molecule has 21 heavy (non-hydrogen) atoms. The van der Waals surface area contributed by atoms with Crippen LogP contribution < -0.4 is 0 Å². The van der Waals surface area contributed by atoms with E-state index in [1.165, 1.54) is 0 Å². The molecule has 1 aromatic heterocycles. The van der Waals surface area contributed by atoms with Crippen LogP contribution in [0, 0.1) is 0 Å². The van der Waals surface area contributed by atoms with Gasteiger partial charge in [0.05, 0.1) is 11.0 Å². The lowest BCUT2D eigenvalue weighted by Gasteiger charge is -2.23. The Bertz CT molecular complexity index is 633. The van der Waals surface area contributed by atoms with Gasteiger partial charge in [0.1, 0.15) is 12.4 Å². The Morgan fingerprint density at radius 2 is 1.81 bits per heavy atom. The lowest BCUT2D eigenvalue weighted by atomic mass is 9.95. The van der Waals surface area contributed by atoms with E-state index in [9.17, 15) is 4.79 Å². The normalized spacial score (nSPS) is 11.9. The molecular formula is C17H25N3O. The maximum atomic E-state index is 12.5. The lowest BCUT2D eigenvalue weighted by molar-refractivity contribution is -0.131. The predicted octanol–water partition coefficient (Wildman–Crippen LogP) is 3.20. The number of fused-ring (bicyclic) bond motifs is 1. The molecule has 0 saturated carbocycles. The minimum Gasteiger partial charge on any atom is -0.342 e. The van der Waals surface area contributed by atoms with Crippen LogP contribution in [0.4, 0.5) is 0 Å². The molecular weight excluding hydrogens is 262 g/mol. The molecule has 0 spiro atoms. The van der Waals surface area contributed by atoms with Crippen molar-refractivity contribution in [3.05, 3.63) is 30.1 Å². The molecule has 4 nitrogen and oxygen atoms in total. The molecule has 0 atom stereocenters. The van der Waals surface area contributed by atoms with Crippen molar-refractivity contribution in [3.63, 3.8) is 0 Å². The Balaban J connectivity index is 2.48. The van der Waals surface area contributed by atoms with Crippen molar-refractivity contribution in [2.45, 2.75) is 46.6 Å². The SMILES string of the molecule is CCN(CC)C(=O)Cn1c(C(C)(C)C)nc2ccccc21. The van der Waals surface area contributed by atoms with Crippen LogP contribution in [0.5, 0.6) is 0 Å². The summed E-state index contributed by atoms with van der Waals surface area (Å²) in [6.07, 6.45) is 0. The van der Waals surface area contributed by atoms with Gasteiger partial charge in [0.25, 0.3) is 0 Å². The van der Waals surface area contributed by atoms with Crippen molar-refractivity contribution in [2.24, 2.45) is 0 Å². The third-order valence-electron chi connectivity index (χ3n) is 3.73. The fourth-order valence-electron chi connectivity index (χ4n) is 2.62. The number of likely N-dealkylation sites (N-methyl/N-ethyl adjacent to an activating group) is 1. The molecule has 0 radical (unpaired) electrons. The summed E-state index contributed by atoms with van der Waals surface area (Å²) in [5, 5.41) is 0. The summed E-state index contributed by atoms with van der Waals surface area (Å²) in [4.78, 5) is 19.1. The van der Waals surface area contributed by atoms with E-state index in [0.29, 0.717) is 6.54 Å². The molecule has 0 aliphatic heterocycles. The zero-order valence-corrected chi connectivity index (χ0v) is 13.7. The van der Waals surface area contributed by atoms with Crippen LogP contribution in [0.15, 0.2) is 24.3 Å². The third kappa shape index (κ3) is 3.09. The zero-order valence-electron chi connectivity index (χ0n) is 13.7. The van der Waals surface area contributed by atoms with Crippen molar-refractivity contribution >= 4 is 16.9 Å². The van der Waals surface area contributed by atoms with Crippen LogP contribution in [0.3, 0.4) is 0 Å². The maximum Gasteiger partial charge on any atom is 0.242 e. The second-order valence-corrected chi connectivity index (χ2v) is 6.33. The summed E-state index contributed by atoms with van der Waals surface area (Å²) >= 11 is 0. The number of hydrogen-bond donors (Lipinski definition) is 0. The predicted molar refractivity (Wildman–Crippen MR) is 86.4 cm³/mol. The second-order valence-electron chi connectivity index (χ2n) is 6.33. The Kier molecular flexibility index (Phi) is 4.35. The molecule has 0 aliphatic carbocycles. The Labute approximate surface area is 126 Å². The van der Waals surface area contributed by atoms with E-state index in [1.807, 2.05) is 43.0 Å². The summed E-state index contributed by atoms with van der Waals surface area (Å²) in [5.74, 6) is 1.11. The van der Waals surface area contributed by atoms with Gasteiger partial charge in [-0.2, -0.15) is 0 Å². The highest BCUT2D eigenvalue weighted by Gasteiger charge is 2.24. The van der Waals surface area contributed by atoms with Crippen LogP contribution in [-0.2, 0) is 16.8 Å². The summed E-state index contributed by atoms with van der Waals surface area (Å²) < 4.78 is 2.07. The van der Waals surface area contributed by atoms with Gasteiger partial charge in [0, 0.05) is 18.5 Å². The van der Waals surface area contributed by atoms with Crippen LogP contribution in [0.2, 0.25) is 0 Å². The largest absolute Gasteiger partial charge is 0.342 e. The molecule has 0 fully saturated rings. The highest BCUT2D eigenvalue weighted by atomic mass is 16.2. The molecule has 0 N–H and O–H groups in total. The summed E-state index contributed by atoms with van der Waals surface area (Å²) in [5.41, 5.74) is 1.89. The molecule has 0 aliphatic rings. The number of imidazole rings is 1. The van der Waals surface area contributed by atoms with Gasteiger partial charge in [-0.3, -0.25) is 4.79 Å². The van der Waals surface area contributed by atoms with Gasteiger partial charge in [-0.1, -0.05) is 32.9 Å². The average Bonchev–Trinajstić information content (AvgIpc) is 2.79. The number of para-hydroxylation sites is 2. The molecule has 0 unspecified atom stereocenters. The van der Waals surface area contributed by atoms with Crippen molar-refractivity contribution in [1.82, 2.24) is 14.5 Å². The van der Waals surface area contributed by atoms with Crippen molar-refractivity contribution in [1.29, 1.82) is 0 Å². The van der Waals surface area contributed by atoms with E-state index in [-0.39, 0.29) is 11.3 Å².